The van der Waals surface area contributed by atoms with Crippen molar-refractivity contribution >= 4 is 23.0 Å². The second kappa shape index (κ2) is 15.0. The van der Waals surface area contributed by atoms with Gasteiger partial charge in [-0.2, -0.15) is 0 Å². The van der Waals surface area contributed by atoms with Gasteiger partial charge in [0.25, 0.3) is 0 Å². The van der Waals surface area contributed by atoms with Crippen LogP contribution in [0, 0.1) is 0 Å². The molecule has 0 unspecified atom stereocenters. The van der Waals surface area contributed by atoms with Crippen molar-refractivity contribution in [2.24, 2.45) is 0 Å². The Kier molecular flexibility index (Phi) is 10.2. The lowest BCUT2D eigenvalue weighted by Gasteiger charge is -2.36. The number of hydrogen-bond acceptors (Lipinski definition) is 7. The van der Waals surface area contributed by atoms with Gasteiger partial charge in [0.1, 0.15) is 6.54 Å². The predicted molar refractivity (Wildman–Crippen MR) is 177 cm³/mol. The molecular formula is C37H38N4O6. The third-order valence-corrected chi connectivity index (χ3v) is 8.19. The zero-order chi connectivity index (χ0) is 32.6. The van der Waals surface area contributed by atoms with Crippen molar-refractivity contribution in [1.29, 1.82) is 0 Å². The molecule has 3 atom stereocenters. The summed E-state index contributed by atoms with van der Waals surface area (Å²) in [7, 11) is 0. The molecule has 0 bridgehead atoms. The average Bonchev–Trinajstić information content (AvgIpc) is 3.52. The van der Waals surface area contributed by atoms with E-state index in [9.17, 15) is 14.7 Å². The smallest absolute Gasteiger partial charge is 0.325 e. The Morgan fingerprint density at radius 2 is 1.66 bits per heavy atom. The number of hydrogen-bond donors (Lipinski definition) is 3. The molecule has 0 radical (unpaired) electrons. The summed E-state index contributed by atoms with van der Waals surface area (Å²) >= 11 is 0. The van der Waals surface area contributed by atoms with Gasteiger partial charge in [0.2, 0.25) is 0 Å². The molecule has 1 saturated heterocycles. The summed E-state index contributed by atoms with van der Waals surface area (Å²) in [6.45, 7) is 2.68. The van der Waals surface area contributed by atoms with Gasteiger partial charge in [-0.3, -0.25) is 4.79 Å². The zero-order valence-corrected chi connectivity index (χ0v) is 26.2. The maximum atomic E-state index is 12.3. The lowest BCUT2D eigenvalue weighted by atomic mass is 9.97. The van der Waals surface area contributed by atoms with Gasteiger partial charge in [-0.15, -0.1) is 0 Å². The number of aliphatic hydroxyl groups excluding tert-OH is 1. The SMILES string of the molecule is CCOC(=O)CNC(=O)NCc1ccccc1-c1ccc([C@H]2O[C@@H](Cn3cnc4ccccc43)C[C@@H](c3ccc(CO)cc3)O2)cc1. The lowest BCUT2D eigenvalue weighted by Crippen LogP contribution is -2.38. The van der Waals surface area contributed by atoms with Crippen LogP contribution in [0.4, 0.5) is 4.79 Å². The Hall–Kier alpha value is -5.03. The van der Waals surface area contributed by atoms with Crippen LogP contribution in [0.5, 0.6) is 0 Å². The standard InChI is InChI=1S/C37H38N4O6/c1-2-45-35(43)21-39-37(44)38-20-29-7-3-4-8-31(29)26-15-17-28(18-16-26)36-46-30(22-41-24-40-32-9-5-6-10-33(32)41)19-34(47-36)27-13-11-25(23-42)12-14-27/h3-18,24,30,34,36,42H,2,19-23H2,1H3,(H2,38,39,44)/t30-,34+,36+/m1/s1. The van der Waals surface area contributed by atoms with Crippen LogP contribution in [-0.2, 0) is 38.7 Å². The van der Waals surface area contributed by atoms with E-state index >= 15 is 0 Å². The molecule has 0 aliphatic carbocycles. The minimum absolute atomic E-state index is 0.0118. The minimum atomic E-state index is -0.597. The van der Waals surface area contributed by atoms with Crippen LogP contribution >= 0.6 is 0 Å². The second-order valence-electron chi connectivity index (χ2n) is 11.4. The monoisotopic (exact) mass is 634 g/mol. The summed E-state index contributed by atoms with van der Waals surface area (Å²) < 4.78 is 20.1. The highest BCUT2D eigenvalue weighted by atomic mass is 16.7. The molecule has 0 spiro atoms. The molecule has 2 amide bonds. The molecular weight excluding hydrogens is 596 g/mol. The van der Waals surface area contributed by atoms with E-state index < -0.39 is 18.3 Å². The largest absolute Gasteiger partial charge is 0.465 e. The Bertz CT molecular complexity index is 1800. The van der Waals surface area contributed by atoms with E-state index in [1.807, 2.05) is 97.3 Å². The van der Waals surface area contributed by atoms with Crippen molar-refractivity contribution in [1.82, 2.24) is 20.2 Å². The van der Waals surface area contributed by atoms with Gasteiger partial charge in [-0.05, 0) is 46.9 Å². The van der Waals surface area contributed by atoms with Gasteiger partial charge >= 0.3 is 12.0 Å². The van der Waals surface area contributed by atoms with E-state index in [0.29, 0.717) is 13.0 Å². The molecule has 1 aliphatic heterocycles. The zero-order valence-electron chi connectivity index (χ0n) is 26.2. The Morgan fingerprint density at radius 3 is 2.45 bits per heavy atom. The number of rotatable bonds is 11. The Morgan fingerprint density at radius 1 is 0.915 bits per heavy atom. The van der Waals surface area contributed by atoms with Gasteiger partial charge in [-0.1, -0.05) is 84.9 Å². The van der Waals surface area contributed by atoms with Crippen LogP contribution in [0.2, 0.25) is 0 Å². The first-order valence-corrected chi connectivity index (χ1v) is 15.8. The number of para-hydroxylation sites is 2. The third-order valence-electron chi connectivity index (χ3n) is 8.19. The third kappa shape index (κ3) is 7.86. The fraction of sp³-hybridized carbons (Fsp3) is 0.270. The van der Waals surface area contributed by atoms with Crippen LogP contribution in [0.15, 0.2) is 103 Å². The van der Waals surface area contributed by atoms with Crippen LogP contribution in [-0.4, -0.2) is 45.9 Å². The molecule has 1 fully saturated rings. The fourth-order valence-electron chi connectivity index (χ4n) is 5.79. The number of amides is 2. The number of fused-ring (bicyclic) bond motifs is 1. The van der Waals surface area contributed by atoms with Gasteiger partial charge in [-0.25, -0.2) is 9.78 Å². The van der Waals surface area contributed by atoms with E-state index in [-0.39, 0.29) is 38.5 Å². The molecule has 5 aromatic rings. The van der Waals surface area contributed by atoms with Gasteiger partial charge < -0.3 is 34.5 Å². The molecule has 4 aromatic carbocycles. The van der Waals surface area contributed by atoms with Gasteiger partial charge in [0.15, 0.2) is 6.29 Å². The molecule has 3 N–H and O–H groups in total. The number of imidazole rings is 1. The number of esters is 1. The topological polar surface area (TPSA) is 124 Å². The molecule has 6 rings (SSSR count). The number of ether oxygens (including phenoxy) is 3. The number of benzene rings is 4. The molecule has 2 heterocycles. The first-order valence-electron chi connectivity index (χ1n) is 15.8. The van der Waals surface area contributed by atoms with E-state index in [1.165, 1.54) is 0 Å². The highest BCUT2D eigenvalue weighted by Crippen LogP contribution is 2.39. The maximum absolute atomic E-state index is 12.3. The molecule has 10 heteroatoms. The summed E-state index contributed by atoms with van der Waals surface area (Å²) in [5.74, 6) is -0.485. The first-order chi connectivity index (χ1) is 23.0. The van der Waals surface area contributed by atoms with E-state index in [1.54, 1.807) is 6.92 Å². The van der Waals surface area contributed by atoms with E-state index in [2.05, 4.69) is 26.3 Å². The molecule has 47 heavy (non-hydrogen) atoms. The normalized spacial score (nSPS) is 17.7. The highest BCUT2D eigenvalue weighted by Gasteiger charge is 2.32. The van der Waals surface area contributed by atoms with Crippen molar-refractivity contribution in [3.8, 4) is 11.1 Å². The lowest BCUT2D eigenvalue weighted by molar-refractivity contribution is -0.252. The Labute approximate surface area is 273 Å². The number of nitrogens with zero attached hydrogens (tertiary/aromatic N) is 2. The summed E-state index contributed by atoms with van der Waals surface area (Å²) in [6.07, 6.45) is 1.57. The summed E-state index contributed by atoms with van der Waals surface area (Å²) in [5.41, 5.74) is 7.64. The van der Waals surface area contributed by atoms with Crippen LogP contribution in [0.1, 0.15) is 48.0 Å². The van der Waals surface area contributed by atoms with Crippen LogP contribution in [0.3, 0.4) is 0 Å². The number of aliphatic hydroxyl groups is 1. The van der Waals surface area contributed by atoms with E-state index in [0.717, 1.165) is 44.4 Å². The van der Waals surface area contributed by atoms with Crippen LogP contribution in [0.25, 0.3) is 22.2 Å². The van der Waals surface area contributed by atoms with Crippen LogP contribution < -0.4 is 10.6 Å². The first kappa shape index (κ1) is 31.9. The van der Waals surface area contributed by atoms with Crippen molar-refractivity contribution in [3.05, 3.63) is 126 Å². The molecule has 1 aromatic heterocycles. The molecule has 0 saturated carbocycles. The average molecular weight is 635 g/mol. The van der Waals surface area contributed by atoms with E-state index in [4.69, 9.17) is 14.2 Å². The molecule has 10 nitrogen and oxygen atoms in total. The number of carbonyl (C=O) groups excluding carboxylic acids is 2. The number of nitrogens with one attached hydrogen (secondary N) is 2. The van der Waals surface area contributed by atoms with Gasteiger partial charge in [0, 0.05) is 18.5 Å². The number of urea groups is 1. The summed E-state index contributed by atoms with van der Waals surface area (Å²) in [6, 6.07) is 31.4. The quantitative estimate of drug-likeness (QED) is 0.157. The minimum Gasteiger partial charge on any atom is -0.465 e. The second-order valence-corrected chi connectivity index (χ2v) is 11.4. The van der Waals surface area contributed by atoms with Gasteiger partial charge in [0.05, 0.1) is 49.3 Å². The number of carbonyl (C=O) groups is 2. The van der Waals surface area contributed by atoms with Crippen molar-refractivity contribution in [2.45, 2.75) is 51.5 Å². The predicted octanol–water partition coefficient (Wildman–Crippen LogP) is 5.80. The number of aromatic nitrogens is 2. The molecule has 242 valence electrons. The Balaban J connectivity index is 1.18. The molecule has 1 aliphatic rings. The highest BCUT2D eigenvalue weighted by molar-refractivity contribution is 5.81. The van der Waals surface area contributed by atoms with Crippen molar-refractivity contribution in [2.75, 3.05) is 13.2 Å². The summed E-state index contributed by atoms with van der Waals surface area (Å²) in [4.78, 5) is 28.4. The van der Waals surface area contributed by atoms with Crippen molar-refractivity contribution in [3.63, 3.8) is 0 Å². The maximum Gasteiger partial charge on any atom is 0.325 e. The van der Waals surface area contributed by atoms with Crippen molar-refractivity contribution < 1.29 is 28.9 Å². The fourth-order valence-corrected chi connectivity index (χ4v) is 5.79. The summed E-state index contributed by atoms with van der Waals surface area (Å²) in [5, 5.41) is 14.9.